The van der Waals surface area contributed by atoms with Crippen molar-refractivity contribution >= 4 is 11.8 Å². The predicted molar refractivity (Wildman–Crippen MR) is 81.5 cm³/mol. The first-order chi connectivity index (χ1) is 10.1. The van der Waals surface area contributed by atoms with Gasteiger partial charge in [0.05, 0.1) is 0 Å². The van der Waals surface area contributed by atoms with Gasteiger partial charge < -0.3 is 5.32 Å². The van der Waals surface area contributed by atoms with Gasteiger partial charge in [0.2, 0.25) is 0 Å². The number of rotatable bonds is 6. The van der Waals surface area contributed by atoms with Crippen molar-refractivity contribution in [2.24, 2.45) is 0 Å². The molecule has 2 aromatic heterocycles. The highest BCUT2D eigenvalue weighted by atomic mass is 32.2. The van der Waals surface area contributed by atoms with Gasteiger partial charge in [-0.1, -0.05) is 6.07 Å². The lowest BCUT2D eigenvalue weighted by Crippen LogP contribution is -2.19. The Hall–Kier alpha value is -1.60. The molecule has 0 saturated heterocycles. The summed E-state index contributed by atoms with van der Waals surface area (Å²) in [6.07, 6.45) is 4.45. The number of aromatic nitrogens is 4. The molecule has 112 valence electrons. The van der Waals surface area contributed by atoms with Crippen molar-refractivity contribution in [2.75, 3.05) is 0 Å². The summed E-state index contributed by atoms with van der Waals surface area (Å²) >= 11 is 1.40. The van der Waals surface area contributed by atoms with Crippen LogP contribution in [0.4, 0.5) is 0 Å². The molecule has 2 aromatic rings. The van der Waals surface area contributed by atoms with Crippen LogP contribution >= 0.6 is 11.8 Å². The Morgan fingerprint density at radius 1 is 1.48 bits per heavy atom. The molecule has 0 atom stereocenters. The molecule has 0 spiro atoms. The third-order valence-corrected chi connectivity index (χ3v) is 4.28. The van der Waals surface area contributed by atoms with Crippen LogP contribution in [-0.2, 0) is 6.54 Å². The molecule has 2 N–H and O–H groups in total. The van der Waals surface area contributed by atoms with Crippen LogP contribution in [0.25, 0.3) is 0 Å². The Labute approximate surface area is 127 Å². The Balaban J connectivity index is 1.68. The summed E-state index contributed by atoms with van der Waals surface area (Å²) in [6, 6.07) is 4.80. The minimum absolute atomic E-state index is 0.0702. The lowest BCUT2D eigenvalue weighted by atomic mass is 10.3. The fraction of sp³-hybridized carbons (Fsp3) is 0.500. The first kappa shape index (κ1) is 14.3. The summed E-state index contributed by atoms with van der Waals surface area (Å²) in [5.74, 6) is 0. The predicted octanol–water partition coefficient (Wildman–Crippen LogP) is 1.95. The van der Waals surface area contributed by atoms with Gasteiger partial charge in [0.25, 0.3) is 0 Å². The van der Waals surface area contributed by atoms with E-state index in [-0.39, 0.29) is 11.7 Å². The third-order valence-electron chi connectivity index (χ3n) is 3.35. The van der Waals surface area contributed by atoms with Crippen molar-refractivity contribution in [3.63, 3.8) is 0 Å². The summed E-state index contributed by atoms with van der Waals surface area (Å²) in [7, 11) is 0. The van der Waals surface area contributed by atoms with Crippen molar-refractivity contribution in [1.82, 2.24) is 25.1 Å². The van der Waals surface area contributed by atoms with Gasteiger partial charge in [-0.05, 0) is 50.1 Å². The van der Waals surface area contributed by atoms with Crippen molar-refractivity contribution in [2.45, 2.75) is 55.5 Å². The minimum Gasteiger partial charge on any atom is -0.310 e. The van der Waals surface area contributed by atoms with Crippen LogP contribution in [-0.4, -0.2) is 25.8 Å². The maximum absolute atomic E-state index is 11.7. The van der Waals surface area contributed by atoms with E-state index < -0.39 is 0 Å². The maximum Gasteiger partial charge on any atom is 0.344 e. The zero-order valence-corrected chi connectivity index (χ0v) is 13.0. The lowest BCUT2D eigenvalue weighted by molar-refractivity contribution is 0.534. The number of nitrogens with one attached hydrogen (secondary N) is 2. The Bertz CT molecular complexity index is 657. The molecule has 0 bridgehead atoms. The van der Waals surface area contributed by atoms with Gasteiger partial charge in [-0.15, -0.1) is 5.10 Å². The molecule has 0 unspecified atom stereocenters. The van der Waals surface area contributed by atoms with Crippen molar-refractivity contribution < 1.29 is 0 Å². The van der Waals surface area contributed by atoms with Crippen LogP contribution in [0.2, 0.25) is 0 Å². The highest BCUT2D eigenvalue weighted by Gasteiger charge is 2.20. The van der Waals surface area contributed by atoms with E-state index in [1.54, 1.807) is 4.57 Å². The van der Waals surface area contributed by atoms with E-state index in [2.05, 4.69) is 26.6 Å². The van der Waals surface area contributed by atoms with E-state index in [9.17, 15) is 4.79 Å². The number of aromatic amines is 1. The highest BCUT2D eigenvalue weighted by Crippen LogP contribution is 2.25. The van der Waals surface area contributed by atoms with Crippen molar-refractivity contribution in [1.29, 1.82) is 0 Å². The molecule has 3 rings (SSSR count). The fourth-order valence-corrected chi connectivity index (χ4v) is 2.95. The SMILES string of the molecule is CC(C)n1c(Sc2ccc(CNC3CC3)cn2)n[nH]c1=O. The van der Waals surface area contributed by atoms with Gasteiger partial charge in [0.15, 0.2) is 5.16 Å². The van der Waals surface area contributed by atoms with Crippen LogP contribution in [0.15, 0.2) is 33.3 Å². The van der Waals surface area contributed by atoms with E-state index in [4.69, 9.17) is 0 Å². The Kier molecular flexibility index (Phi) is 4.12. The topological polar surface area (TPSA) is 75.6 Å². The second kappa shape index (κ2) is 6.03. The molecule has 0 aliphatic heterocycles. The molecule has 6 nitrogen and oxygen atoms in total. The number of nitrogens with zero attached hydrogens (tertiary/aromatic N) is 3. The van der Waals surface area contributed by atoms with Gasteiger partial charge in [-0.25, -0.2) is 14.9 Å². The van der Waals surface area contributed by atoms with Crippen LogP contribution in [0, 0.1) is 0 Å². The Morgan fingerprint density at radius 3 is 2.90 bits per heavy atom. The zero-order chi connectivity index (χ0) is 14.8. The maximum atomic E-state index is 11.7. The van der Waals surface area contributed by atoms with E-state index in [1.807, 2.05) is 26.1 Å². The number of hydrogen-bond donors (Lipinski definition) is 2. The molecule has 1 aliphatic rings. The molecule has 7 heteroatoms. The molecule has 0 radical (unpaired) electrons. The number of hydrogen-bond acceptors (Lipinski definition) is 5. The summed E-state index contributed by atoms with van der Waals surface area (Å²) < 4.78 is 1.63. The van der Waals surface area contributed by atoms with Gasteiger partial charge in [-0.2, -0.15) is 0 Å². The van der Waals surface area contributed by atoms with E-state index >= 15 is 0 Å². The third kappa shape index (κ3) is 3.54. The Morgan fingerprint density at radius 2 is 2.29 bits per heavy atom. The van der Waals surface area contributed by atoms with Crippen LogP contribution < -0.4 is 11.0 Å². The molecular formula is C14H19N5OS. The summed E-state index contributed by atoms with van der Waals surface area (Å²) in [4.78, 5) is 16.1. The average molecular weight is 305 g/mol. The normalized spacial score (nSPS) is 14.8. The van der Waals surface area contributed by atoms with Crippen LogP contribution in [0.5, 0.6) is 0 Å². The first-order valence-corrected chi connectivity index (χ1v) is 7.98. The second-order valence-electron chi connectivity index (χ2n) is 5.54. The van der Waals surface area contributed by atoms with Gasteiger partial charge in [0, 0.05) is 24.8 Å². The monoisotopic (exact) mass is 305 g/mol. The van der Waals surface area contributed by atoms with Gasteiger partial charge in [0.1, 0.15) is 5.03 Å². The fourth-order valence-electron chi connectivity index (χ4n) is 2.04. The van der Waals surface area contributed by atoms with Crippen LogP contribution in [0.3, 0.4) is 0 Å². The molecule has 1 fully saturated rings. The van der Waals surface area contributed by atoms with Crippen molar-refractivity contribution in [3.8, 4) is 0 Å². The summed E-state index contributed by atoms with van der Waals surface area (Å²) in [5.41, 5.74) is 0.993. The highest BCUT2D eigenvalue weighted by molar-refractivity contribution is 7.99. The van der Waals surface area contributed by atoms with E-state index in [0.29, 0.717) is 11.2 Å². The van der Waals surface area contributed by atoms with Gasteiger partial charge >= 0.3 is 5.69 Å². The molecule has 0 aromatic carbocycles. The first-order valence-electron chi connectivity index (χ1n) is 7.16. The zero-order valence-electron chi connectivity index (χ0n) is 12.2. The summed E-state index contributed by atoms with van der Waals surface area (Å²) in [6.45, 7) is 4.78. The number of H-pyrrole nitrogens is 1. The molecule has 0 amide bonds. The molecule has 1 saturated carbocycles. The van der Waals surface area contributed by atoms with E-state index in [0.717, 1.165) is 11.6 Å². The summed E-state index contributed by atoms with van der Waals surface area (Å²) in [5, 5.41) is 11.5. The van der Waals surface area contributed by atoms with Gasteiger partial charge in [-0.3, -0.25) is 4.57 Å². The standard InChI is InChI=1S/C14H19N5OS/c1-9(2)19-13(20)17-18-14(19)21-12-6-3-10(8-16-12)7-15-11-4-5-11/h3,6,8-9,11,15H,4-5,7H2,1-2H3,(H,17,20). The van der Waals surface area contributed by atoms with Crippen LogP contribution in [0.1, 0.15) is 38.3 Å². The van der Waals surface area contributed by atoms with Crippen molar-refractivity contribution in [3.05, 3.63) is 34.4 Å². The molecule has 2 heterocycles. The molecule has 21 heavy (non-hydrogen) atoms. The van der Waals surface area contributed by atoms with E-state index in [1.165, 1.54) is 30.2 Å². The molecular weight excluding hydrogens is 286 g/mol. The largest absolute Gasteiger partial charge is 0.344 e. The second-order valence-corrected chi connectivity index (χ2v) is 6.52. The number of pyridine rings is 1. The minimum atomic E-state index is -0.183. The quantitative estimate of drug-likeness (QED) is 0.853. The smallest absolute Gasteiger partial charge is 0.310 e. The lowest BCUT2D eigenvalue weighted by Gasteiger charge is -2.08. The average Bonchev–Trinajstić information content (AvgIpc) is 3.21. The molecule has 1 aliphatic carbocycles.